The van der Waals surface area contributed by atoms with Crippen LogP contribution in [0.5, 0.6) is 0 Å². The van der Waals surface area contributed by atoms with Crippen molar-refractivity contribution in [2.45, 2.75) is 50.6 Å². The Labute approximate surface area is 143 Å². The van der Waals surface area contributed by atoms with Crippen molar-refractivity contribution >= 4 is 17.8 Å². The van der Waals surface area contributed by atoms with Crippen LogP contribution >= 0.6 is 0 Å². The van der Waals surface area contributed by atoms with Gasteiger partial charge >= 0.3 is 5.97 Å². The number of hydrogen-bond acceptors (Lipinski definition) is 3. The van der Waals surface area contributed by atoms with Crippen LogP contribution in [-0.4, -0.2) is 28.4 Å². The van der Waals surface area contributed by atoms with Crippen molar-refractivity contribution in [2.24, 2.45) is 0 Å². The molecule has 0 saturated heterocycles. The molecule has 1 aliphatic rings. The molecule has 0 spiro atoms. The largest absolute Gasteiger partial charge is 0.480 e. The zero-order valence-electron chi connectivity index (χ0n) is 13.8. The molecule has 8 heteroatoms. The second-order valence-corrected chi connectivity index (χ2v) is 6.24. The van der Waals surface area contributed by atoms with Crippen LogP contribution in [0.25, 0.3) is 0 Å². The Balaban J connectivity index is 2.21. The maximum absolute atomic E-state index is 14.0. The highest BCUT2D eigenvalue weighted by atomic mass is 19.1. The van der Waals surface area contributed by atoms with Gasteiger partial charge in [-0.05, 0) is 25.0 Å². The zero-order valence-corrected chi connectivity index (χ0v) is 13.8. The summed E-state index contributed by atoms with van der Waals surface area (Å²) in [7, 11) is 0. The Kier molecular flexibility index (Phi) is 5.71. The molecule has 2 rings (SSSR count). The number of carboxylic acid groups (broad SMARTS) is 1. The van der Waals surface area contributed by atoms with Gasteiger partial charge in [-0.15, -0.1) is 0 Å². The van der Waals surface area contributed by atoms with Crippen molar-refractivity contribution in [2.75, 3.05) is 0 Å². The molecular weight excluding hydrogens is 334 g/mol. The summed E-state index contributed by atoms with van der Waals surface area (Å²) < 4.78 is 28.0. The average molecular weight is 354 g/mol. The molecule has 2 amide bonds. The van der Waals surface area contributed by atoms with E-state index < -0.39 is 53.0 Å². The number of amides is 2. The number of aliphatic carboxylic acids is 1. The van der Waals surface area contributed by atoms with Crippen LogP contribution in [0, 0.1) is 11.6 Å². The van der Waals surface area contributed by atoms with E-state index in [0.29, 0.717) is 25.7 Å². The number of rotatable bonds is 6. The van der Waals surface area contributed by atoms with E-state index in [1.165, 1.54) is 13.0 Å². The van der Waals surface area contributed by atoms with Gasteiger partial charge in [0.2, 0.25) is 11.8 Å². The number of halogens is 2. The molecule has 0 aliphatic heterocycles. The molecule has 0 heterocycles. The quantitative estimate of drug-likeness (QED) is 0.728. The maximum Gasteiger partial charge on any atom is 0.329 e. The predicted octanol–water partition coefficient (Wildman–Crippen LogP) is 2.05. The predicted molar refractivity (Wildman–Crippen MR) is 84.5 cm³/mol. The molecule has 0 bridgehead atoms. The van der Waals surface area contributed by atoms with Crippen molar-refractivity contribution in [3.63, 3.8) is 0 Å². The van der Waals surface area contributed by atoms with Crippen LogP contribution < -0.4 is 10.6 Å². The SMILES string of the molecule is CC(=O)N[C@@H](CC(=O)NC1(C(=O)O)CCCC1)c1c(F)cccc1F. The molecule has 25 heavy (non-hydrogen) atoms. The number of carboxylic acids is 1. The lowest BCUT2D eigenvalue weighted by atomic mass is 9.96. The molecular formula is C17H20F2N2O4. The summed E-state index contributed by atoms with van der Waals surface area (Å²) in [6.07, 6.45) is 1.47. The fourth-order valence-corrected chi connectivity index (χ4v) is 3.19. The lowest BCUT2D eigenvalue weighted by Gasteiger charge is -2.27. The summed E-state index contributed by atoms with van der Waals surface area (Å²) >= 11 is 0. The van der Waals surface area contributed by atoms with Crippen molar-refractivity contribution in [3.8, 4) is 0 Å². The highest BCUT2D eigenvalue weighted by molar-refractivity contribution is 5.88. The number of nitrogens with one attached hydrogen (secondary N) is 2. The Morgan fingerprint density at radius 2 is 1.76 bits per heavy atom. The minimum absolute atomic E-state index is 0.299. The van der Waals surface area contributed by atoms with Gasteiger partial charge in [-0.25, -0.2) is 13.6 Å². The van der Waals surface area contributed by atoms with E-state index in [0.717, 1.165) is 12.1 Å². The molecule has 6 nitrogen and oxygen atoms in total. The van der Waals surface area contributed by atoms with E-state index in [1.807, 2.05) is 0 Å². The Bertz CT molecular complexity index is 667. The van der Waals surface area contributed by atoms with Crippen LogP contribution in [-0.2, 0) is 14.4 Å². The summed E-state index contributed by atoms with van der Waals surface area (Å²) in [6, 6.07) is 2.00. The summed E-state index contributed by atoms with van der Waals surface area (Å²) in [5, 5.41) is 14.2. The third kappa shape index (κ3) is 4.32. The molecule has 1 atom stereocenters. The van der Waals surface area contributed by atoms with Gasteiger partial charge in [-0.3, -0.25) is 9.59 Å². The van der Waals surface area contributed by atoms with E-state index in [1.54, 1.807) is 0 Å². The number of carbonyl (C=O) groups excluding carboxylic acids is 2. The van der Waals surface area contributed by atoms with Crippen LogP contribution in [0.3, 0.4) is 0 Å². The molecule has 0 radical (unpaired) electrons. The van der Waals surface area contributed by atoms with Crippen molar-refractivity contribution < 1.29 is 28.3 Å². The summed E-state index contributed by atoms with van der Waals surface area (Å²) in [5.74, 6) is -4.16. The topological polar surface area (TPSA) is 95.5 Å². The Morgan fingerprint density at radius 3 is 2.24 bits per heavy atom. The lowest BCUT2D eigenvalue weighted by Crippen LogP contribution is -2.53. The minimum atomic E-state index is -1.36. The standard InChI is InChI=1S/C17H20F2N2O4/c1-10(22)20-13(15-11(18)5-4-6-12(15)19)9-14(23)21-17(16(24)25)7-2-3-8-17/h4-6,13H,2-3,7-9H2,1H3,(H,20,22)(H,21,23)(H,24,25)/t13-/m0/s1. The summed E-state index contributed by atoms with van der Waals surface area (Å²) in [6.45, 7) is 1.17. The Morgan fingerprint density at radius 1 is 1.20 bits per heavy atom. The minimum Gasteiger partial charge on any atom is -0.480 e. The molecule has 1 aromatic carbocycles. The summed E-state index contributed by atoms with van der Waals surface area (Å²) in [5.41, 5.74) is -1.78. The first-order chi connectivity index (χ1) is 11.7. The van der Waals surface area contributed by atoms with Gasteiger partial charge < -0.3 is 15.7 Å². The van der Waals surface area contributed by atoms with Gasteiger partial charge in [0.05, 0.1) is 12.5 Å². The Hall–Kier alpha value is -2.51. The number of hydrogen-bond donors (Lipinski definition) is 3. The van der Waals surface area contributed by atoms with Crippen LogP contribution in [0.15, 0.2) is 18.2 Å². The van der Waals surface area contributed by atoms with E-state index >= 15 is 0 Å². The van der Waals surface area contributed by atoms with Crippen molar-refractivity contribution in [3.05, 3.63) is 35.4 Å². The van der Waals surface area contributed by atoms with E-state index in [-0.39, 0.29) is 0 Å². The molecule has 1 fully saturated rings. The number of benzene rings is 1. The van der Waals surface area contributed by atoms with E-state index in [9.17, 15) is 28.3 Å². The van der Waals surface area contributed by atoms with Gasteiger partial charge in [0.1, 0.15) is 17.2 Å². The van der Waals surface area contributed by atoms with E-state index in [4.69, 9.17) is 0 Å². The highest BCUT2D eigenvalue weighted by Gasteiger charge is 2.43. The molecule has 136 valence electrons. The van der Waals surface area contributed by atoms with Gasteiger partial charge in [0, 0.05) is 12.5 Å². The second kappa shape index (κ2) is 7.58. The molecule has 1 aromatic rings. The monoisotopic (exact) mass is 354 g/mol. The van der Waals surface area contributed by atoms with Gasteiger partial charge in [0.25, 0.3) is 0 Å². The average Bonchev–Trinajstić information content (AvgIpc) is 2.96. The van der Waals surface area contributed by atoms with Crippen molar-refractivity contribution in [1.29, 1.82) is 0 Å². The first-order valence-corrected chi connectivity index (χ1v) is 8.00. The summed E-state index contributed by atoms with van der Waals surface area (Å²) in [4.78, 5) is 35.2. The molecule has 0 unspecified atom stereocenters. The van der Waals surface area contributed by atoms with Gasteiger partial charge in [0.15, 0.2) is 0 Å². The lowest BCUT2D eigenvalue weighted by molar-refractivity contribution is -0.147. The fourth-order valence-electron chi connectivity index (χ4n) is 3.19. The van der Waals surface area contributed by atoms with Crippen LogP contribution in [0.4, 0.5) is 8.78 Å². The third-order valence-electron chi connectivity index (χ3n) is 4.36. The van der Waals surface area contributed by atoms with Crippen LogP contribution in [0.2, 0.25) is 0 Å². The fraction of sp³-hybridized carbons (Fsp3) is 0.471. The second-order valence-electron chi connectivity index (χ2n) is 6.24. The first-order valence-electron chi connectivity index (χ1n) is 8.00. The molecule has 1 saturated carbocycles. The van der Waals surface area contributed by atoms with Gasteiger partial charge in [-0.1, -0.05) is 18.9 Å². The number of carbonyl (C=O) groups is 3. The van der Waals surface area contributed by atoms with Gasteiger partial charge in [-0.2, -0.15) is 0 Å². The first kappa shape index (κ1) is 18.8. The van der Waals surface area contributed by atoms with Crippen LogP contribution in [0.1, 0.15) is 50.6 Å². The smallest absolute Gasteiger partial charge is 0.329 e. The third-order valence-corrected chi connectivity index (χ3v) is 4.36. The highest BCUT2D eigenvalue weighted by Crippen LogP contribution is 2.31. The maximum atomic E-state index is 14.0. The normalized spacial score (nSPS) is 16.9. The van der Waals surface area contributed by atoms with Crippen molar-refractivity contribution in [1.82, 2.24) is 10.6 Å². The molecule has 3 N–H and O–H groups in total. The molecule has 0 aromatic heterocycles. The van der Waals surface area contributed by atoms with E-state index in [2.05, 4.69) is 10.6 Å². The zero-order chi connectivity index (χ0) is 18.6. The molecule has 1 aliphatic carbocycles.